The lowest BCUT2D eigenvalue weighted by Crippen LogP contribution is -2.20. The standard InChI is InChI=1S/C14H12Br2Cl2N2/c1-19-13(14-10(16)6-9(15)7-20-14)5-8-2-3-11(17)12(18)4-8/h2-4,6-7,13,19H,5H2,1H3. The van der Waals surface area contributed by atoms with E-state index < -0.39 is 0 Å². The van der Waals surface area contributed by atoms with Crippen molar-refractivity contribution in [3.63, 3.8) is 0 Å². The third-order valence-electron chi connectivity index (χ3n) is 2.94. The number of hydrogen-bond acceptors (Lipinski definition) is 2. The highest BCUT2D eigenvalue weighted by Gasteiger charge is 2.15. The van der Waals surface area contributed by atoms with E-state index in [1.54, 1.807) is 6.20 Å². The molecule has 2 nitrogen and oxygen atoms in total. The van der Waals surface area contributed by atoms with Crippen LogP contribution in [-0.4, -0.2) is 12.0 Å². The molecule has 0 bridgehead atoms. The van der Waals surface area contributed by atoms with Gasteiger partial charge in [0, 0.05) is 15.1 Å². The highest BCUT2D eigenvalue weighted by Crippen LogP contribution is 2.28. The number of pyridine rings is 1. The van der Waals surface area contributed by atoms with Gasteiger partial charge in [-0.2, -0.15) is 0 Å². The van der Waals surface area contributed by atoms with Crippen molar-refractivity contribution in [2.24, 2.45) is 0 Å². The molecule has 20 heavy (non-hydrogen) atoms. The molecule has 0 spiro atoms. The van der Waals surface area contributed by atoms with E-state index in [1.807, 2.05) is 31.3 Å². The van der Waals surface area contributed by atoms with Crippen LogP contribution in [0.25, 0.3) is 0 Å². The van der Waals surface area contributed by atoms with Crippen molar-refractivity contribution in [3.8, 4) is 0 Å². The lowest BCUT2D eigenvalue weighted by Gasteiger charge is -2.17. The van der Waals surface area contributed by atoms with Gasteiger partial charge in [-0.25, -0.2) is 0 Å². The predicted molar refractivity (Wildman–Crippen MR) is 91.6 cm³/mol. The molecule has 6 heteroatoms. The fraction of sp³-hybridized carbons (Fsp3) is 0.214. The van der Waals surface area contributed by atoms with Crippen LogP contribution in [0.4, 0.5) is 0 Å². The molecule has 1 aromatic carbocycles. The predicted octanol–water partition coefficient (Wildman–Crippen LogP) is 5.42. The minimum absolute atomic E-state index is 0.0923. The van der Waals surface area contributed by atoms with E-state index in [0.717, 1.165) is 26.6 Å². The monoisotopic (exact) mass is 436 g/mol. The van der Waals surface area contributed by atoms with Crippen molar-refractivity contribution in [1.82, 2.24) is 10.3 Å². The summed E-state index contributed by atoms with van der Waals surface area (Å²) in [6, 6.07) is 7.76. The van der Waals surface area contributed by atoms with Gasteiger partial charge in [0.2, 0.25) is 0 Å². The molecular formula is C14H12Br2Cl2N2. The summed E-state index contributed by atoms with van der Waals surface area (Å²) in [5.74, 6) is 0. The van der Waals surface area contributed by atoms with E-state index in [2.05, 4.69) is 42.2 Å². The molecule has 2 rings (SSSR count). The van der Waals surface area contributed by atoms with Crippen molar-refractivity contribution in [1.29, 1.82) is 0 Å². The second-order valence-electron chi connectivity index (χ2n) is 4.31. The highest BCUT2D eigenvalue weighted by atomic mass is 79.9. The van der Waals surface area contributed by atoms with E-state index in [1.165, 1.54) is 0 Å². The van der Waals surface area contributed by atoms with Crippen LogP contribution in [0, 0.1) is 0 Å². The minimum Gasteiger partial charge on any atom is -0.311 e. The quantitative estimate of drug-likeness (QED) is 0.689. The molecule has 0 radical (unpaired) electrons. The molecule has 0 fully saturated rings. The van der Waals surface area contributed by atoms with Gasteiger partial charge in [-0.1, -0.05) is 29.3 Å². The van der Waals surface area contributed by atoms with Crippen LogP contribution >= 0.6 is 55.1 Å². The van der Waals surface area contributed by atoms with Gasteiger partial charge in [0.05, 0.1) is 21.8 Å². The molecule has 1 aromatic heterocycles. The van der Waals surface area contributed by atoms with Crippen molar-refractivity contribution in [2.45, 2.75) is 12.5 Å². The second-order valence-corrected chi connectivity index (χ2v) is 6.90. The number of aromatic nitrogens is 1. The molecule has 0 aliphatic rings. The number of rotatable bonds is 4. The normalized spacial score (nSPS) is 12.4. The maximum absolute atomic E-state index is 6.06. The van der Waals surface area contributed by atoms with Gasteiger partial charge >= 0.3 is 0 Å². The topological polar surface area (TPSA) is 24.9 Å². The lowest BCUT2D eigenvalue weighted by molar-refractivity contribution is 0.573. The van der Waals surface area contributed by atoms with E-state index >= 15 is 0 Å². The molecule has 1 atom stereocenters. The first-order chi connectivity index (χ1) is 9.51. The Balaban J connectivity index is 2.26. The highest BCUT2D eigenvalue weighted by molar-refractivity contribution is 9.11. The number of nitrogens with zero attached hydrogens (tertiary/aromatic N) is 1. The average Bonchev–Trinajstić information content (AvgIpc) is 2.41. The molecule has 0 saturated heterocycles. The fourth-order valence-electron chi connectivity index (χ4n) is 1.92. The molecule has 0 saturated carbocycles. The number of likely N-dealkylation sites (N-methyl/N-ethyl adjacent to an activating group) is 1. The van der Waals surface area contributed by atoms with Gasteiger partial charge in [0.25, 0.3) is 0 Å². The Morgan fingerprint density at radius 1 is 1.20 bits per heavy atom. The van der Waals surface area contributed by atoms with Crippen LogP contribution in [0.1, 0.15) is 17.3 Å². The zero-order valence-corrected chi connectivity index (χ0v) is 15.3. The van der Waals surface area contributed by atoms with E-state index in [4.69, 9.17) is 23.2 Å². The van der Waals surface area contributed by atoms with Crippen LogP contribution in [-0.2, 0) is 6.42 Å². The average molecular weight is 439 g/mol. The summed E-state index contributed by atoms with van der Waals surface area (Å²) >= 11 is 18.9. The zero-order valence-electron chi connectivity index (χ0n) is 10.6. The first-order valence-electron chi connectivity index (χ1n) is 5.93. The van der Waals surface area contributed by atoms with Gasteiger partial charge in [-0.3, -0.25) is 4.98 Å². The smallest absolute Gasteiger partial charge is 0.0719 e. The number of hydrogen-bond donors (Lipinski definition) is 1. The Hall–Kier alpha value is -0.130. The zero-order chi connectivity index (χ0) is 14.7. The van der Waals surface area contributed by atoms with Gasteiger partial charge < -0.3 is 5.32 Å². The van der Waals surface area contributed by atoms with Gasteiger partial charge in [0.1, 0.15) is 0 Å². The van der Waals surface area contributed by atoms with Crippen LogP contribution < -0.4 is 5.32 Å². The van der Waals surface area contributed by atoms with Crippen molar-refractivity contribution < 1.29 is 0 Å². The van der Waals surface area contributed by atoms with Crippen molar-refractivity contribution >= 4 is 55.1 Å². The molecule has 0 amide bonds. The molecule has 106 valence electrons. The van der Waals surface area contributed by atoms with E-state index in [9.17, 15) is 0 Å². The molecular weight excluding hydrogens is 427 g/mol. The van der Waals surface area contributed by atoms with Crippen LogP contribution in [0.15, 0.2) is 39.4 Å². The largest absolute Gasteiger partial charge is 0.311 e. The maximum Gasteiger partial charge on any atom is 0.0719 e. The Morgan fingerprint density at radius 3 is 2.55 bits per heavy atom. The number of halogens is 4. The summed E-state index contributed by atoms with van der Waals surface area (Å²) in [6.07, 6.45) is 2.57. The van der Waals surface area contributed by atoms with Crippen molar-refractivity contribution in [2.75, 3.05) is 7.05 Å². The Bertz CT molecular complexity index is 620. The summed E-state index contributed by atoms with van der Waals surface area (Å²) < 4.78 is 1.91. The second kappa shape index (κ2) is 7.23. The summed E-state index contributed by atoms with van der Waals surface area (Å²) in [4.78, 5) is 4.47. The Labute approximate surface area is 145 Å². The molecule has 1 unspecified atom stereocenters. The Morgan fingerprint density at radius 2 is 1.95 bits per heavy atom. The first kappa shape index (κ1) is 16.2. The SMILES string of the molecule is CNC(Cc1ccc(Cl)c(Cl)c1)c1ncc(Br)cc1Br. The third-order valence-corrected chi connectivity index (χ3v) is 4.75. The van der Waals surface area contributed by atoms with Crippen LogP contribution in [0.5, 0.6) is 0 Å². The lowest BCUT2D eigenvalue weighted by atomic mass is 10.0. The maximum atomic E-state index is 6.06. The molecule has 0 aliphatic heterocycles. The van der Waals surface area contributed by atoms with Crippen LogP contribution in [0.2, 0.25) is 10.0 Å². The van der Waals surface area contributed by atoms with Gasteiger partial charge in [-0.15, -0.1) is 0 Å². The van der Waals surface area contributed by atoms with E-state index in [0.29, 0.717) is 10.0 Å². The number of benzene rings is 1. The Kier molecular flexibility index (Phi) is 5.87. The number of nitrogens with one attached hydrogen (secondary N) is 1. The first-order valence-corrected chi connectivity index (χ1v) is 8.27. The van der Waals surface area contributed by atoms with E-state index in [-0.39, 0.29) is 6.04 Å². The summed E-state index contributed by atoms with van der Waals surface area (Å²) in [5, 5.41) is 4.42. The van der Waals surface area contributed by atoms with Gasteiger partial charge in [0.15, 0.2) is 0 Å². The van der Waals surface area contributed by atoms with Crippen molar-refractivity contribution in [3.05, 3.63) is 60.7 Å². The summed E-state index contributed by atoms with van der Waals surface area (Å²) in [5.41, 5.74) is 2.07. The van der Waals surface area contributed by atoms with Gasteiger partial charge in [-0.05, 0) is 69.1 Å². The minimum atomic E-state index is 0.0923. The molecule has 0 aliphatic carbocycles. The molecule has 1 heterocycles. The molecule has 2 aromatic rings. The fourth-order valence-corrected chi connectivity index (χ4v) is 3.50. The summed E-state index contributed by atoms with van der Waals surface area (Å²) in [6.45, 7) is 0. The van der Waals surface area contributed by atoms with Crippen LogP contribution in [0.3, 0.4) is 0 Å². The summed E-state index contributed by atoms with van der Waals surface area (Å²) in [7, 11) is 1.92. The molecule has 1 N–H and O–H groups in total. The third kappa shape index (κ3) is 3.95.